The van der Waals surface area contributed by atoms with E-state index in [0.29, 0.717) is 17.4 Å². The fraction of sp³-hybridized carbons (Fsp3) is 0.385. The summed E-state index contributed by atoms with van der Waals surface area (Å²) in [7, 11) is 2.07. The van der Waals surface area contributed by atoms with Crippen LogP contribution in [0.2, 0.25) is 0 Å². The van der Waals surface area contributed by atoms with Crippen molar-refractivity contribution in [3.05, 3.63) is 89.6 Å². The first kappa shape index (κ1) is 27.0. The van der Waals surface area contributed by atoms with Crippen LogP contribution in [-0.4, -0.2) is 0 Å². The van der Waals surface area contributed by atoms with Gasteiger partial charge in [0, 0.05) is 29.8 Å². The van der Waals surface area contributed by atoms with Crippen LogP contribution in [0, 0.1) is 28.6 Å². The predicted octanol–water partition coefficient (Wildman–Crippen LogP) is 10.1. The topological polar surface area (TPSA) is 40.8 Å². The molecule has 6 rings (SSSR count). The molecular formula is C39H43N2O+. The molecular weight excluding hydrogens is 512 g/mol. The van der Waals surface area contributed by atoms with E-state index in [1.54, 1.807) is 0 Å². The zero-order valence-electron chi connectivity index (χ0n) is 26.9. The third-order valence-electron chi connectivity index (χ3n) is 9.32. The second-order valence-electron chi connectivity index (χ2n) is 13.7. The van der Waals surface area contributed by atoms with Crippen molar-refractivity contribution in [2.45, 2.75) is 72.6 Å². The van der Waals surface area contributed by atoms with Gasteiger partial charge in [0.25, 0.3) is 0 Å². The number of aromatic nitrogens is 1. The Bertz CT molecular complexity index is 1840. The zero-order valence-corrected chi connectivity index (χ0v) is 25.9. The molecule has 0 aliphatic heterocycles. The summed E-state index contributed by atoms with van der Waals surface area (Å²) in [6.45, 7) is 11.5. The van der Waals surface area contributed by atoms with E-state index in [0.717, 1.165) is 82.0 Å². The molecule has 42 heavy (non-hydrogen) atoms. The maximum absolute atomic E-state index is 10.2. The molecule has 3 nitrogen and oxygen atoms in total. The second kappa shape index (κ2) is 11.1. The Hall–Kier alpha value is -3.90. The molecule has 0 N–H and O–H groups in total. The maximum Gasteiger partial charge on any atom is 0.216 e. The third-order valence-corrected chi connectivity index (χ3v) is 9.32. The van der Waals surface area contributed by atoms with Crippen molar-refractivity contribution >= 4 is 21.9 Å². The van der Waals surface area contributed by atoms with Crippen LogP contribution in [0.5, 0.6) is 0 Å². The first-order chi connectivity index (χ1) is 20.5. The van der Waals surface area contributed by atoms with Crippen molar-refractivity contribution in [1.82, 2.24) is 0 Å². The Morgan fingerprint density at radius 2 is 1.67 bits per heavy atom. The number of furan rings is 1. The molecule has 3 aromatic carbocycles. The van der Waals surface area contributed by atoms with Gasteiger partial charge < -0.3 is 4.42 Å². The van der Waals surface area contributed by atoms with E-state index in [1.807, 2.05) is 12.1 Å². The Morgan fingerprint density at radius 1 is 0.952 bits per heavy atom. The first-order valence-electron chi connectivity index (χ1n) is 16.0. The lowest BCUT2D eigenvalue weighted by Gasteiger charge is -2.37. The number of nitrogens with zero attached hydrogens (tertiary/aromatic N) is 2. The van der Waals surface area contributed by atoms with Gasteiger partial charge in [-0.15, -0.1) is 0 Å². The molecule has 0 radical (unpaired) electrons. The highest BCUT2D eigenvalue weighted by atomic mass is 16.3. The molecule has 1 aliphatic carbocycles. The summed E-state index contributed by atoms with van der Waals surface area (Å²) in [6.07, 6.45) is 7.10. The molecule has 1 fully saturated rings. The van der Waals surface area contributed by atoms with Crippen LogP contribution in [0.3, 0.4) is 0 Å². The monoisotopic (exact) mass is 556 g/mol. The van der Waals surface area contributed by atoms with E-state index < -0.39 is 5.89 Å². The van der Waals surface area contributed by atoms with Crippen LogP contribution in [0.4, 0.5) is 0 Å². The summed E-state index contributed by atoms with van der Waals surface area (Å²) in [4.78, 5) is 0. The van der Waals surface area contributed by atoms with Gasteiger partial charge in [0.2, 0.25) is 5.69 Å². The van der Waals surface area contributed by atoms with Gasteiger partial charge in [-0.1, -0.05) is 71.0 Å². The van der Waals surface area contributed by atoms with Crippen LogP contribution in [0.1, 0.15) is 84.3 Å². The van der Waals surface area contributed by atoms with Gasteiger partial charge in [0.1, 0.15) is 18.2 Å². The van der Waals surface area contributed by atoms with Gasteiger partial charge in [0.15, 0.2) is 6.20 Å². The van der Waals surface area contributed by atoms with Gasteiger partial charge in [-0.2, -0.15) is 5.26 Å². The number of para-hydroxylation sites is 1. The minimum absolute atomic E-state index is 0.290. The van der Waals surface area contributed by atoms with Crippen molar-refractivity contribution in [2.24, 2.45) is 24.3 Å². The number of fused-ring (bicyclic) bond motifs is 3. The number of rotatable bonds is 5. The summed E-state index contributed by atoms with van der Waals surface area (Å²) < 4.78 is 18.2. The Balaban J connectivity index is 1.43. The Labute approximate surface area is 252 Å². The molecule has 2 aromatic heterocycles. The molecule has 0 bridgehead atoms. The number of pyridine rings is 1. The van der Waals surface area contributed by atoms with Crippen molar-refractivity contribution in [3.8, 4) is 28.5 Å². The first-order valence-corrected chi connectivity index (χ1v) is 15.5. The fourth-order valence-electron chi connectivity index (χ4n) is 6.92. The zero-order chi connectivity index (χ0) is 30.5. The molecule has 0 atom stereocenters. The average Bonchev–Trinajstić information content (AvgIpc) is 3.36. The lowest BCUT2D eigenvalue weighted by Crippen LogP contribution is -2.30. The average molecular weight is 557 g/mol. The minimum Gasteiger partial charge on any atom is -0.454 e. The molecule has 2 heterocycles. The minimum atomic E-state index is -0.557. The van der Waals surface area contributed by atoms with Crippen molar-refractivity contribution in [3.63, 3.8) is 0 Å². The fourth-order valence-corrected chi connectivity index (χ4v) is 6.92. The molecule has 1 saturated carbocycles. The van der Waals surface area contributed by atoms with Crippen molar-refractivity contribution in [2.75, 3.05) is 0 Å². The maximum atomic E-state index is 10.2. The summed E-state index contributed by atoms with van der Waals surface area (Å²) in [5.41, 5.74) is 8.75. The molecule has 1 aliphatic rings. The van der Waals surface area contributed by atoms with E-state index in [1.165, 1.54) is 5.56 Å². The van der Waals surface area contributed by atoms with E-state index >= 15 is 0 Å². The van der Waals surface area contributed by atoms with E-state index in [2.05, 4.69) is 113 Å². The molecule has 5 aromatic rings. The Kier molecular flexibility index (Phi) is 7.10. The summed E-state index contributed by atoms with van der Waals surface area (Å²) in [5.74, 6) is 0.682. The van der Waals surface area contributed by atoms with Gasteiger partial charge in [0.05, 0.1) is 17.2 Å². The summed E-state index contributed by atoms with van der Waals surface area (Å²) in [6, 6.07) is 25.5. The van der Waals surface area contributed by atoms with Gasteiger partial charge in [-0.05, 0) is 90.1 Å². The number of aryl methyl sites for hydroxylation is 1. The van der Waals surface area contributed by atoms with Crippen LogP contribution < -0.4 is 4.57 Å². The predicted molar refractivity (Wildman–Crippen MR) is 173 cm³/mol. The van der Waals surface area contributed by atoms with Crippen molar-refractivity contribution in [1.29, 1.82) is 5.26 Å². The number of benzene rings is 3. The van der Waals surface area contributed by atoms with Gasteiger partial charge in [-0.3, -0.25) is 0 Å². The molecule has 0 spiro atoms. The van der Waals surface area contributed by atoms with Crippen LogP contribution in [0.25, 0.3) is 44.3 Å². The van der Waals surface area contributed by atoms with E-state index in [4.69, 9.17) is 4.42 Å². The smallest absolute Gasteiger partial charge is 0.216 e. The van der Waals surface area contributed by atoms with E-state index in [-0.39, 0.29) is 5.41 Å². The lowest BCUT2D eigenvalue weighted by molar-refractivity contribution is -0.660. The summed E-state index contributed by atoms with van der Waals surface area (Å²) in [5, 5.41) is 12.2. The standard InChI is InChI=1S/C39H43N2O/c1-25(2)22-26-20-21-41(6)35(23-26)34-9-7-8-32-33-19-16-30(24-40)36(38(33)42-37(32)34)29-12-10-27(11-13-29)28-14-17-31(18-15-28)39(3,4)5/h7-13,16,19-21,23,25,28,31H,14-15,17-18,22H2,1-6H3/q+1/i28D. The molecule has 214 valence electrons. The SMILES string of the molecule is [2H]C1(c2ccc(-c3c(C#N)ccc4c3oc3c(-c5cc(CC(C)C)cc[n+]5C)cccc34)cc2)CCC(C(C)(C)C)CC1. The molecule has 0 unspecified atom stereocenters. The lowest BCUT2D eigenvalue weighted by atomic mass is 9.68. The third kappa shape index (κ3) is 5.24. The van der Waals surface area contributed by atoms with Crippen molar-refractivity contribution < 1.29 is 10.4 Å². The normalized spacial score (nSPS) is 19.8. The summed E-state index contributed by atoms with van der Waals surface area (Å²) >= 11 is 0. The highest BCUT2D eigenvalue weighted by Gasteiger charge is 2.30. The van der Waals surface area contributed by atoms with Gasteiger partial charge in [-0.25, -0.2) is 4.57 Å². The molecule has 0 amide bonds. The largest absolute Gasteiger partial charge is 0.454 e. The number of nitriles is 1. The van der Waals surface area contributed by atoms with Gasteiger partial charge >= 0.3 is 0 Å². The highest BCUT2D eigenvalue weighted by Crippen LogP contribution is 2.44. The van der Waals surface area contributed by atoms with Crippen LogP contribution in [0.15, 0.2) is 77.3 Å². The quantitative estimate of drug-likeness (QED) is 0.202. The van der Waals surface area contributed by atoms with Crippen LogP contribution in [-0.2, 0) is 13.5 Å². The molecule has 0 saturated heterocycles. The van der Waals surface area contributed by atoms with E-state index in [9.17, 15) is 6.63 Å². The molecule has 3 heteroatoms. The highest BCUT2D eigenvalue weighted by molar-refractivity contribution is 6.13. The number of hydrogen-bond donors (Lipinski definition) is 0. The number of hydrogen-bond acceptors (Lipinski definition) is 2. The second-order valence-corrected chi connectivity index (χ2v) is 13.7. The van der Waals surface area contributed by atoms with Crippen LogP contribution >= 0.6 is 0 Å². The Morgan fingerprint density at radius 3 is 2.33 bits per heavy atom.